The van der Waals surface area contributed by atoms with E-state index in [2.05, 4.69) is 32.5 Å². The number of pyridine rings is 1. The molecule has 3 aromatic rings. The zero-order chi connectivity index (χ0) is 19.9. The smallest absolute Gasteiger partial charge is 0.152 e. The lowest BCUT2D eigenvalue weighted by atomic mass is 9.82. The summed E-state index contributed by atoms with van der Waals surface area (Å²) in [7, 11) is 0. The van der Waals surface area contributed by atoms with Gasteiger partial charge in [-0.15, -0.1) is 5.10 Å². The number of carbonyl (C=O) groups excluding carboxylic acids is 1. The molecule has 0 bridgehead atoms. The Morgan fingerprint density at radius 3 is 2.43 bits per heavy atom. The van der Waals surface area contributed by atoms with Gasteiger partial charge in [0.2, 0.25) is 0 Å². The van der Waals surface area contributed by atoms with Gasteiger partial charge in [0.25, 0.3) is 0 Å². The van der Waals surface area contributed by atoms with E-state index < -0.39 is 0 Å². The van der Waals surface area contributed by atoms with E-state index in [0.717, 1.165) is 35.2 Å². The van der Waals surface area contributed by atoms with Gasteiger partial charge in [-0.05, 0) is 41.0 Å². The van der Waals surface area contributed by atoms with Crippen LogP contribution in [0.25, 0.3) is 11.1 Å². The number of hydrogen-bond donors (Lipinski definition) is 2. The monoisotopic (exact) mass is 379 g/mol. The lowest BCUT2D eigenvalue weighted by Gasteiger charge is -2.22. The van der Waals surface area contributed by atoms with Gasteiger partial charge in [-0.25, -0.2) is 5.10 Å². The molecule has 7 nitrogen and oxygen atoms in total. The highest BCUT2D eigenvalue weighted by Crippen LogP contribution is 2.30. The molecule has 7 heteroatoms. The van der Waals surface area contributed by atoms with E-state index >= 15 is 0 Å². The van der Waals surface area contributed by atoms with Crippen molar-refractivity contribution in [3.8, 4) is 11.1 Å². The van der Waals surface area contributed by atoms with E-state index in [4.69, 9.17) is 5.11 Å². The summed E-state index contributed by atoms with van der Waals surface area (Å²) in [6, 6.07) is 11.7. The van der Waals surface area contributed by atoms with Gasteiger partial charge in [-0.2, -0.15) is 0 Å². The molecule has 0 aliphatic carbocycles. The van der Waals surface area contributed by atoms with Gasteiger partial charge in [-0.1, -0.05) is 43.7 Å². The predicted octanol–water partition coefficient (Wildman–Crippen LogP) is 3.09. The number of tetrazole rings is 1. The normalized spacial score (nSPS) is 13.2. The highest BCUT2D eigenvalue weighted by molar-refractivity contribution is 5.79. The molecular formula is C21H25N5O2. The Morgan fingerprint density at radius 1 is 1.14 bits per heavy atom. The van der Waals surface area contributed by atoms with Crippen molar-refractivity contribution in [3.63, 3.8) is 0 Å². The molecule has 2 aromatic heterocycles. The van der Waals surface area contributed by atoms with Crippen molar-refractivity contribution in [1.82, 2.24) is 25.6 Å². The second-order valence-corrected chi connectivity index (χ2v) is 7.00. The van der Waals surface area contributed by atoms with Crippen LogP contribution < -0.4 is 0 Å². The minimum atomic E-state index is -0.146. The fourth-order valence-electron chi connectivity index (χ4n) is 3.50. The van der Waals surface area contributed by atoms with Gasteiger partial charge in [0.1, 0.15) is 5.78 Å². The third-order valence-electron chi connectivity index (χ3n) is 5.04. The van der Waals surface area contributed by atoms with Gasteiger partial charge in [0, 0.05) is 35.7 Å². The number of nitrogens with one attached hydrogen (secondary N) is 1. The number of carbonyl (C=O) groups is 1. The number of benzene rings is 1. The average Bonchev–Trinajstić information content (AvgIpc) is 3.25. The zero-order valence-corrected chi connectivity index (χ0v) is 16.2. The molecule has 0 spiro atoms. The fourth-order valence-corrected chi connectivity index (χ4v) is 3.50. The van der Waals surface area contributed by atoms with Crippen LogP contribution in [-0.2, 0) is 17.8 Å². The third-order valence-corrected chi connectivity index (χ3v) is 5.04. The maximum Gasteiger partial charge on any atom is 0.152 e. The Hall–Kier alpha value is -2.93. The van der Waals surface area contributed by atoms with Crippen molar-refractivity contribution in [2.75, 3.05) is 0 Å². The number of aliphatic hydroxyl groups is 1. The van der Waals surface area contributed by atoms with Crippen LogP contribution in [0.1, 0.15) is 49.7 Å². The molecule has 3 rings (SSSR count). The second kappa shape index (κ2) is 9.32. The van der Waals surface area contributed by atoms with Crippen LogP contribution in [0.4, 0.5) is 0 Å². The highest BCUT2D eigenvalue weighted by atomic mass is 16.3. The van der Waals surface area contributed by atoms with E-state index in [1.807, 2.05) is 42.6 Å². The number of rotatable bonds is 9. The molecule has 0 radical (unpaired) electrons. The first-order valence-electron chi connectivity index (χ1n) is 9.51. The summed E-state index contributed by atoms with van der Waals surface area (Å²) in [5, 5.41) is 23.4. The molecule has 0 amide bonds. The van der Waals surface area contributed by atoms with Crippen LogP contribution in [-0.4, -0.2) is 36.5 Å². The Balaban J connectivity index is 1.81. The first-order chi connectivity index (χ1) is 13.6. The second-order valence-electron chi connectivity index (χ2n) is 7.00. The molecule has 1 aromatic carbocycles. The van der Waals surface area contributed by atoms with E-state index in [-0.39, 0.29) is 24.2 Å². The number of aromatic amines is 1. The van der Waals surface area contributed by atoms with E-state index in [1.54, 1.807) is 6.92 Å². The van der Waals surface area contributed by atoms with Crippen LogP contribution in [0.3, 0.4) is 0 Å². The van der Waals surface area contributed by atoms with Gasteiger partial charge >= 0.3 is 0 Å². The van der Waals surface area contributed by atoms with Gasteiger partial charge in [-0.3, -0.25) is 9.78 Å². The number of ketones is 1. The maximum absolute atomic E-state index is 12.2. The van der Waals surface area contributed by atoms with Crippen LogP contribution in [0.5, 0.6) is 0 Å². The zero-order valence-electron chi connectivity index (χ0n) is 16.2. The number of Topliss-reactive ketones (excluding diaryl/α,β-unsaturated/α-hetero) is 1. The molecule has 0 unspecified atom stereocenters. The Bertz CT molecular complexity index is 876. The minimum Gasteiger partial charge on any atom is -0.392 e. The molecule has 146 valence electrons. The molecule has 28 heavy (non-hydrogen) atoms. The van der Waals surface area contributed by atoms with Crippen molar-refractivity contribution >= 4 is 5.78 Å². The minimum absolute atomic E-state index is 0.0322. The molecule has 0 saturated carbocycles. The standard InChI is InChI=1S/C21H25N5O2/c1-3-4-19(14(2)28)20(21-23-25-26-24-21)11-18-10-9-17(12-22-18)16-7-5-15(13-27)6-8-16/h5-10,12,19-20,27H,3-4,11,13H2,1-2H3,(H,23,24,25,26)/t19-,20+/m1/s1. The lowest BCUT2D eigenvalue weighted by Crippen LogP contribution is -2.23. The van der Waals surface area contributed by atoms with Crippen molar-refractivity contribution < 1.29 is 9.90 Å². The van der Waals surface area contributed by atoms with Crippen LogP contribution in [0.15, 0.2) is 42.6 Å². The molecule has 0 saturated heterocycles. The molecule has 0 aliphatic rings. The highest BCUT2D eigenvalue weighted by Gasteiger charge is 2.29. The third kappa shape index (κ3) is 4.67. The predicted molar refractivity (Wildman–Crippen MR) is 105 cm³/mol. The number of aromatic nitrogens is 5. The summed E-state index contributed by atoms with van der Waals surface area (Å²) in [4.78, 5) is 16.8. The summed E-state index contributed by atoms with van der Waals surface area (Å²) in [6.45, 7) is 3.73. The Morgan fingerprint density at radius 2 is 1.89 bits per heavy atom. The summed E-state index contributed by atoms with van der Waals surface area (Å²) < 4.78 is 0. The lowest BCUT2D eigenvalue weighted by molar-refractivity contribution is -0.121. The van der Waals surface area contributed by atoms with Crippen LogP contribution in [0.2, 0.25) is 0 Å². The van der Waals surface area contributed by atoms with Crippen LogP contribution >= 0.6 is 0 Å². The number of aliphatic hydroxyl groups excluding tert-OH is 1. The summed E-state index contributed by atoms with van der Waals surface area (Å²) in [5.41, 5.74) is 3.81. The molecule has 2 atom stereocenters. The fraction of sp³-hybridized carbons (Fsp3) is 0.381. The van der Waals surface area contributed by atoms with E-state index in [9.17, 15) is 4.79 Å². The number of nitrogens with zero attached hydrogens (tertiary/aromatic N) is 4. The summed E-state index contributed by atoms with van der Waals surface area (Å²) >= 11 is 0. The van der Waals surface area contributed by atoms with Crippen molar-refractivity contribution in [2.45, 2.75) is 45.6 Å². The molecule has 0 fully saturated rings. The largest absolute Gasteiger partial charge is 0.392 e. The Labute approximate surface area is 164 Å². The first-order valence-corrected chi connectivity index (χ1v) is 9.51. The average molecular weight is 379 g/mol. The number of hydrogen-bond acceptors (Lipinski definition) is 6. The Kier molecular flexibility index (Phi) is 6.60. The SMILES string of the molecule is CCC[C@H](C(C)=O)[C@H](Cc1ccc(-c2ccc(CO)cc2)cn1)c1nnn[nH]1. The quantitative estimate of drug-likeness (QED) is 0.592. The van der Waals surface area contributed by atoms with Gasteiger partial charge in [0.15, 0.2) is 5.82 Å². The van der Waals surface area contributed by atoms with Gasteiger partial charge in [0.05, 0.1) is 6.61 Å². The van der Waals surface area contributed by atoms with Gasteiger partial charge < -0.3 is 5.11 Å². The topological polar surface area (TPSA) is 105 Å². The van der Waals surface area contributed by atoms with E-state index in [1.165, 1.54) is 0 Å². The summed E-state index contributed by atoms with van der Waals surface area (Å²) in [6.07, 6.45) is 4.13. The molecule has 2 heterocycles. The van der Waals surface area contributed by atoms with Crippen molar-refractivity contribution in [3.05, 3.63) is 59.7 Å². The maximum atomic E-state index is 12.2. The molecule has 2 N–H and O–H groups in total. The van der Waals surface area contributed by atoms with Crippen molar-refractivity contribution in [2.24, 2.45) is 5.92 Å². The van der Waals surface area contributed by atoms with E-state index in [0.29, 0.717) is 12.2 Å². The van der Waals surface area contributed by atoms with Crippen molar-refractivity contribution in [1.29, 1.82) is 0 Å². The summed E-state index contributed by atoms with van der Waals surface area (Å²) in [5.74, 6) is 0.491. The number of H-pyrrole nitrogens is 1. The first kappa shape index (κ1) is 19.8. The molecule has 0 aliphatic heterocycles. The molecular weight excluding hydrogens is 354 g/mol. The van der Waals surface area contributed by atoms with Crippen LogP contribution in [0, 0.1) is 5.92 Å².